The van der Waals surface area contributed by atoms with Gasteiger partial charge in [-0.1, -0.05) is 38.1 Å². The summed E-state index contributed by atoms with van der Waals surface area (Å²) in [4.78, 5) is 23.2. The molecule has 1 amide bonds. The van der Waals surface area contributed by atoms with Crippen molar-refractivity contribution in [3.63, 3.8) is 0 Å². The van der Waals surface area contributed by atoms with Crippen LogP contribution in [-0.4, -0.2) is 17.0 Å². The highest BCUT2D eigenvalue weighted by molar-refractivity contribution is 5.81. The number of carbonyl (C=O) groups excluding carboxylic acids is 1. The summed E-state index contributed by atoms with van der Waals surface area (Å²) >= 11 is 0. The summed E-state index contributed by atoms with van der Waals surface area (Å²) in [6.45, 7) is 6.27. The Bertz CT molecular complexity index is 536. The number of rotatable bonds is 5. The van der Waals surface area contributed by atoms with E-state index in [9.17, 15) is 9.59 Å². The third-order valence-electron chi connectivity index (χ3n) is 4.61. The lowest BCUT2D eigenvalue weighted by atomic mass is 9.99. The molecule has 1 unspecified atom stereocenters. The number of nitrogens with one attached hydrogen (secondary N) is 1. The second-order valence-electron chi connectivity index (χ2n) is 6.60. The first kappa shape index (κ1) is 16.5. The highest BCUT2D eigenvalue weighted by atomic mass is 16.4. The Balaban J connectivity index is 1.92. The molecule has 4 nitrogen and oxygen atoms in total. The first-order valence-electron chi connectivity index (χ1n) is 8.01. The second kappa shape index (κ2) is 6.95. The zero-order chi connectivity index (χ0) is 16.3. The van der Waals surface area contributed by atoms with Gasteiger partial charge in [-0.25, -0.2) is 0 Å². The molecule has 2 N–H and O–H groups in total. The number of aliphatic carboxylic acids is 1. The van der Waals surface area contributed by atoms with E-state index in [0.29, 0.717) is 25.2 Å². The predicted molar refractivity (Wildman–Crippen MR) is 85.6 cm³/mol. The van der Waals surface area contributed by atoms with Gasteiger partial charge in [0, 0.05) is 5.92 Å². The zero-order valence-electron chi connectivity index (χ0n) is 13.5. The minimum atomic E-state index is -0.785. The topological polar surface area (TPSA) is 66.4 Å². The Morgan fingerprint density at radius 1 is 1.05 bits per heavy atom. The number of benzene rings is 1. The van der Waals surface area contributed by atoms with E-state index in [1.165, 1.54) is 5.56 Å². The molecule has 2 rings (SSSR count). The van der Waals surface area contributed by atoms with Crippen LogP contribution in [0.2, 0.25) is 0 Å². The Morgan fingerprint density at radius 3 is 2.09 bits per heavy atom. The average Bonchev–Trinajstić information content (AvgIpc) is 2.97. The summed E-state index contributed by atoms with van der Waals surface area (Å²) in [5.74, 6) is -0.850. The van der Waals surface area contributed by atoms with E-state index in [2.05, 4.69) is 43.4 Å². The maximum Gasteiger partial charge on any atom is 0.306 e. The molecule has 0 saturated heterocycles. The quantitative estimate of drug-likeness (QED) is 0.875. The van der Waals surface area contributed by atoms with Crippen molar-refractivity contribution >= 4 is 11.9 Å². The fourth-order valence-electron chi connectivity index (χ4n) is 3.03. The molecule has 1 aromatic carbocycles. The molecular weight excluding hydrogens is 278 g/mol. The number of carbonyl (C=O) groups is 2. The summed E-state index contributed by atoms with van der Waals surface area (Å²) in [6, 6.07) is 8.24. The van der Waals surface area contributed by atoms with Crippen molar-refractivity contribution in [3.05, 3.63) is 35.4 Å². The Kier molecular flexibility index (Phi) is 5.22. The van der Waals surface area contributed by atoms with Crippen LogP contribution in [0.1, 0.15) is 63.1 Å². The normalized spacial score (nSPS) is 22.5. The van der Waals surface area contributed by atoms with Crippen molar-refractivity contribution in [1.82, 2.24) is 5.32 Å². The van der Waals surface area contributed by atoms with Crippen LogP contribution in [0.25, 0.3) is 0 Å². The highest BCUT2D eigenvalue weighted by Crippen LogP contribution is 2.31. The van der Waals surface area contributed by atoms with Crippen LogP contribution in [0.3, 0.4) is 0 Å². The van der Waals surface area contributed by atoms with E-state index < -0.39 is 5.97 Å². The van der Waals surface area contributed by atoms with Crippen LogP contribution in [0.5, 0.6) is 0 Å². The van der Waals surface area contributed by atoms with Gasteiger partial charge >= 0.3 is 5.97 Å². The smallest absolute Gasteiger partial charge is 0.306 e. The van der Waals surface area contributed by atoms with E-state index in [1.807, 2.05) is 6.92 Å². The summed E-state index contributed by atoms with van der Waals surface area (Å²) in [7, 11) is 0. The van der Waals surface area contributed by atoms with Gasteiger partial charge in [-0.3, -0.25) is 9.59 Å². The zero-order valence-corrected chi connectivity index (χ0v) is 13.5. The maximum atomic E-state index is 12.3. The van der Waals surface area contributed by atoms with Crippen molar-refractivity contribution in [2.75, 3.05) is 0 Å². The van der Waals surface area contributed by atoms with Crippen LogP contribution >= 0.6 is 0 Å². The minimum absolute atomic E-state index is 0.0239. The number of hydrogen-bond acceptors (Lipinski definition) is 2. The number of hydrogen-bond donors (Lipinski definition) is 2. The van der Waals surface area contributed by atoms with Crippen molar-refractivity contribution in [2.45, 2.75) is 52.0 Å². The maximum absolute atomic E-state index is 12.3. The van der Waals surface area contributed by atoms with Gasteiger partial charge in [-0.2, -0.15) is 0 Å². The molecule has 1 aliphatic carbocycles. The fraction of sp³-hybridized carbons (Fsp3) is 0.556. The lowest BCUT2D eigenvalue weighted by molar-refractivity contribution is -0.141. The van der Waals surface area contributed by atoms with Crippen molar-refractivity contribution in [1.29, 1.82) is 0 Å². The number of carboxylic acids is 1. The van der Waals surface area contributed by atoms with Crippen molar-refractivity contribution in [2.24, 2.45) is 11.8 Å². The van der Waals surface area contributed by atoms with E-state index in [-0.39, 0.29) is 23.8 Å². The minimum Gasteiger partial charge on any atom is -0.481 e. The van der Waals surface area contributed by atoms with Gasteiger partial charge in [-0.05, 0) is 43.2 Å². The van der Waals surface area contributed by atoms with Gasteiger partial charge in [-0.15, -0.1) is 0 Å². The lowest BCUT2D eigenvalue weighted by Gasteiger charge is -2.18. The average molecular weight is 303 g/mol. The van der Waals surface area contributed by atoms with E-state index in [4.69, 9.17) is 5.11 Å². The standard InChI is InChI=1S/C18H25NO3/c1-11(2)13-4-6-14(7-5-13)12(3)19-17(20)15-8-9-16(10-15)18(21)22/h4-7,11-12,15-16H,8-10H2,1-3H3,(H,19,20)(H,21,22)/t12?,15-,16+/m1/s1. The molecule has 0 spiro atoms. The molecule has 0 aromatic heterocycles. The SMILES string of the molecule is CC(C)c1ccc(C(C)NC(=O)[C@@H]2CC[C@H](C(=O)O)C2)cc1. The second-order valence-corrected chi connectivity index (χ2v) is 6.60. The van der Waals surface area contributed by atoms with Gasteiger partial charge in [0.05, 0.1) is 12.0 Å². The number of carboxylic acid groups (broad SMARTS) is 1. The molecular formula is C18H25NO3. The summed E-state index contributed by atoms with van der Waals surface area (Å²) in [5.41, 5.74) is 2.35. The number of amides is 1. The van der Waals surface area contributed by atoms with Gasteiger partial charge in [0.2, 0.25) is 5.91 Å². The summed E-state index contributed by atoms with van der Waals surface area (Å²) in [5, 5.41) is 12.0. The third kappa shape index (κ3) is 3.87. The molecule has 22 heavy (non-hydrogen) atoms. The van der Waals surface area contributed by atoms with Gasteiger partial charge in [0.15, 0.2) is 0 Å². The van der Waals surface area contributed by atoms with E-state index >= 15 is 0 Å². The Hall–Kier alpha value is -1.84. The van der Waals surface area contributed by atoms with E-state index in [1.54, 1.807) is 0 Å². The molecule has 0 heterocycles. The van der Waals surface area contributed by atoms with Gasteiger partial charge in [0.1, 0.15) is 0 Å². The molecule has 1 aromatic rings. The van der Waals surface area contributed by atoms with Crippen LogP contribution in [0, 0.1) is 11.8 Å². The van der Waals surface area contributed by atoms with Crippen LogP contribution in [0.4, 0.5) is 0 Å². The van der Waals surface area contributed by atoms with Crippen molar-refractivity contribution < 1.29 is 14.7 Å². The van der Waals surface area contributed by atoms with Crippen LogP contribution in [-0.2, 0) is 9.59 Å². The molecule has 1 fully saturated rings. The third-order valence-corrected chi connectivity index (χ3v) is 4.61. The first-order chi connectivity index (χ1) is 10.4. The highest BCUT2D eigenvalue weighted by Gasteiger charge is 2.34. The largest absolute Gasteiger partial charge is 0.481 e. The van der Waals surface area contributed by atoms with Gasteiger partial charge in [0.25, 0.3) is 0 Å². The molecule has 0 bridgehead atoms. The molecule has 1 saturated carbocycles. The Labute approximate surface area is 131 Å². The van der Waals surface area contributed by atoms with Crippen LogP contribution < -0.4 is 5.32 Å². The fourth-order valence-corrected chi connectivity index (χ4v) is 3.03. The van der Waals surface area contributed by atoms with Crippen molar-refractivity contribution in [3.8, 4) is 0 Å². The molecule has 4 heteroatoms. The Morgan fingerprint density at radius 2 is 1.59 bits per heavy atom. The lowest BCUT2D eigenvalue weighted by Crippen LogP contribution is -2.32. The predicted octanol–water partition coefficient (Wildman–Crippen LogP) is 3.49. The molecule has 3 atom stereocenters. The summed E-state index contributed by atoms with van der Waals surface area (Å²) < 4.78 is 0. The first-order valence-corrected chi connectivity index (χ1v) is 8.01. The monoisotopic (exact) mass is 303 g/mol. The molecule has 1 aliphatic rings. The molecule has 0 radical (unpaired) electrons. The van der Waals surface area contributed by atoms with Crippen LogP contribution in [0.15, 0.2) is 24.3 Å². The molecule has 120 valence electrons. The van der Waals surface area contributed by atoms with E-state index in [0.717, 1.165) is 5.56 Å². The van der Waals surface area contributed by atoms with Gasteiger partial charge < -0.3 is 10.4 Å². The summed E-state index contributed by atoms with van der Waals surface area (Å²) in [6.07, 6.45) is 1.73. The molecule has 0 aliphatic heterocycles.